The number of carbonyl (C=O) groups is 2. The number of ether oxygens (including phenoxy) is 1. The van der Waals surface area contributed by atoms with Gasteiger partial charge in [0.1, 0.15) is 0 Å². The molecule has 3 unspecified atom stereocenters. The number of nitrogens with zero attached hydrogens (tertiary/aromatic N) is 1. The zero-order chi connectivity index (χ0) is 20.5. The first-order chi connectivity index (χ1) is 13.2. The number of benzene rings is 1. The zero-order valence-corrected chi connectivity index (χ0v) is 16.0. The highest BCUT2D eigenvalue weighted by Gasteiger charge is 2.58. The van der Waals surface area contributed by atoms with Crippen molar-refractivity contribution in [3.05, 3.63) is 35.4 Å². The summed E-state index contributed by atoms with van der Waals surface area (Å²) < 4.78 is 43.6. The molecule has 1 aromatic carbocycles. The van der Waals surface area contributed by atoms with Crippen molar-refractivity contribution in [3.63, 3.8) is 0 Å². The van der Waals surface area contributed by atoms with Crippen molar-refractivity contribution in [2.45, 2.75) is 37.8 Å². The molecule has 0 bridgehead atoms. The summed E-state index contributed by atoms with van der Waals surface area (Å²) in [6, 6.07) is 5.58. The number of alkyl halides is 3. The van der Waals surface area contributed by atoms with Crippen LogP contribution < -0.4 is 5.32 Å². The lowest BCUT2D eigenvalue weighted by Gasteiger charge is -2.34. The molecule has 2 amide bonds. The van der Waals surface area contributed by atoms with Crippen molar-refractivity contribution >= 4 is 12.0 Å². The fraction of sp³-hybridized carbons (Fsp3) is 0.600. The third-order valence-corrected chi connectivity index (χ3v) is 6.10. The Balaban J connectivity index is 1.64. The minimum absolute atomic E-state index is 0.0246. The van der Waals surface area contributed by atoms with E-state index in [0.717, 1.165) is 18.1 Å². The summed E-state index contributed by atoms with van der Waals surface area (Å²) in [4.78, 5) is 25.8. The summed E-state index contributed by atoms with van der Waals surface area (Å²) in [5.74, 6) is -0.179. The van der Waals surface area contributed by atoms with Gasteiger partial charge in [-0.05, 0) is 36.8 Å². The number of methoxy groups -OCH3 is 1. The van der Waals surface area contributed by atoms with E-state index in [2.05, 4.69) is 10.1 Å². The van der Waals surface area contributed by atoms with Gasteiger partial charge < -0.3 is 15.0 Å². The molecule has 1 aliphatic heterocycles. The van der Waals surface area contributed by atoms with Crippen molar-refractivity contribution in [1.29, 1.82) is 0 Å². The summed E-state index contributed by atoms with van der Waals surface area (Å²) >= 11 is 0. The second-order valence-electron chi connectivity index (χ2n) is 7.65. The van der Waals surface area contributed by atoms with E-state index in [9.17, 15) is 22.8 Å². The molecular weight excluding hydrogens is 373 g/mol. The van der Waals surface area contributed by atoms with Gasteiger partial charge in [0.15, 0.2) is 0 Å². The standard InChI is InChI=1S/C20H25F3N2O3/c1-3-13(11-24-18(27)28-2)17(26)25-8-7-19(10-16(19)12-25)14-5-4-6-15(9-14)20(21,22)23/h4-6,9,13,16H,3,7-8,10-12H2,1-2H3,(H,24,27). The Morgan fingerprint density at radius 1 is 1.39 bits per heavy atom. The Kier molecular flexibility index (Phi) is 5.59. The first-order valence-electron chi connectivity index (χ1n) is 9.49. The molecular formula is C20H25F3N2O3. The van der Waals surface area contributed by atoms with E-state index in [-0.39, 0.29) is 29.7 Å². The molecule has 154 valence electrons. The molecule has 8 heteroatoms. The normalized spacial score (nSPS) is 24.9. The van der Waals surface area contributed by atoms with Crippen LogP contribution in [0.4, 0.5) is 18.0 Å². The fourth-order valence-corrected chi connectivity index (χ4v) is 4.26. The summed E-state index contributed by atoms with van der Waals surface area (Å²) in [6.07, 6.45) is -2.88. The van der Waals surface area contributed by atoms with Gasteiger partial charge in [0.05, 0.1) is 18.6 Å². The molecule has 1 aliphatic carbocycles. The summed E-state index contributed by atoms with van der Waals surface area (Å²) in [6.45, 7) is 3.15. The Morgan fingerprint density at radius 3 is 2.75 bits per heavy atom. The van der Waals surface area contributed by atoms with Gasteiger partial charge >= 0.3 is 12.3 Å². The van der Waals surface area contributed by atoms with E-state index in [4.69, 9.17) is 0 Å². The van der Waals surface area contributed by atoms with Crippen LogP contribution in [0.15, 0.2) is 24.3 Å². The fourth-order valence-electron chi connectivity index (χ4n) is 4.26. The van der Waals surface area contributed by atoms with E-state index in [1.807, 2.05) is 6.92 Å². The first kappa shape index (κ1) is 20.5. The van der Waals surface area contributed by atoms with Crippen LogP contribution >= 0.6 is 0 Å². The SMILES string of the molecule is CCC(CNC(=O)OC)C(=O)N1CCC2(c3cccc(C(F)(F)F)c3)CC2C1. The Labute approximate surface area is 162 Å². The average Bonchev–Trinajstić information content (AvgIpc) is 3.42. The van der Waals surface area contributed by atoms with Crippen LogP contribution in [0, 0.1) is 11.8 Å². The first-order valence-corrected chi connectivity index (χ1v) is 9.49. The summed E-state index contributed by atoms with van der Waals surface area (Å²) in [7, 11) is 1.27. The number of likely N-dealkylation sites (tertiary alicyclic amines) is 1. The van der Waals surface area contributed by atoms with Crippen molar-refractivity contribution in [3.8, 4) is 0 Å². The number of carbonyl (C=O) groups excluding carboxylic acids is 2. The monoisotopic (exact) mass is 398 g/mol. The van der Waals surface area contributed by atoms with Gasteiger partial charge in [0, 0.05) is 25.0 Å². The highest BCUT2D eigenvalue weighted by Crippen LogP contribution is 2.59. The lowest BCUT2D eigenvalue weighted by molar-refractivity contribution is -0.137. The van der Waals surface area contributed by atoms with Crippen LogP contribution in [0.1, 0.15) is 37.3 Å². The third-order valence-electron chi connectivity index (χ3n) is 6.10. The van der Waals surface area contributed by atoms with Crippen LogP contribution in [0.25, 0.3) is 0 Å². The van der Waals surface area contributed by atoms with Crippen LogP contribution in [0.2, 0.25) is 0 Å². The van der Waals surface area contributed by atoms with Gasteiger partial charge in [-0.25, -0.2) is 4.79 Å². The number of hydrogen-bond donors (Lipinski definition) is 1. The second-order valence-corrected chi connectivity index (χ2v) is 7.65. The van der Waals surface area contributed by atoms with E-state index in [1.54, 1.807) is 11.0 Å². The average molecular weight is 398 g/mol. The molecule has 3 atom stereocenters. The van der Waals surface area contributed by atoms with Gasteiger partial charge in [-0.1, -0.05) is 25.1 Å². The number of alkyl carbamates (subject to hydrolysis) is 1. The number of rotatable bonds is 5. The maximum Gasteiger partial charge on any atom is 0.416 e. The van der Waals surface area contributed by atoms with Crippen LogP contribution in [0.3, 0.4) is 0 Å². The van der Waals surface area contributed by atoms with E-state index < -0.39 is 17.8 Å². The maximum absolute atomic E-state index is 13.0. The highest BCUT2D eigenvalue weighted by molar-refractivity contribution is 5.80. The molecule has 1 heterocycles. The minimum atomic E-state index is -4.35. The van der Waals surface area contributed by atoms with E-state index >= 15 is 0 Å². The number of halogens is 3. The molecule has 2 aliphatic rings. The largest absolute Gasteiger partial charge is 0.453 e. The van der Waals surface area contributed by atoms with Crippen molar-refractivity contribution in [1.82, 2.24) is 10.2 Å². The van der Waals surface area contributed by atoms with E-state index in [1.165, 1.54) is 19.2 Å². The number of hydrogen-bond acceptors (Lipinski definition) is 3. The number of fused-ring (bicyclic) bond motifs is 1. The van der Waals surface area contributed by atoms with Crippen molar-refractivity contribution in [2.75, 3.05) is 26.7 Å². The second kappa shape index (κ2) is 7.64. The molecule has 2 fully saturated rings. The third kappa shape index (κ3) is 3.95. The van der Waals surface area contributed by atoms with Crippen LogP contribution in [-0.2, 0) is 21.1 Å². The predicted octanol–water partition coefficient (Wildman–Crippen LogP) is 3.58. The highest BCUT2D eigenvalue weighted by atomic mass is 19.4. The smallest absolute Gasteiger partial charge is 0.416 e. The Bertz CT molecular complexity index is 752. The van der Waals surface area contributed by atoms with Crippen LogP contribution in [-0.4, -0.2) is 43.6 Å². The van der Waals surface area contributed by atoms with E-state index in [0.29, 0.717) is 25.9 Å². The predicted molar refractivity (Wildman–Crippen MR) is 96.6 cm³/mol. The molecule has 0 aromatic heterocycles. The Hall–Kier alpha value is -2.25. The number of nitrogens with one attached hydrogen (secondary N) is 1. The molecule has 1 saturated heterocycles. The lowest BCUT2D eigenvalue weighted by atomic mass is 9.86. The molecule has 3 rings (SSSR count). The minimum Gasteiger partial charge on any atom is -0.453 e. The molecule has 1 N–H and O–H groups in total. The molecule has 0 spiro atoms. The quantitative estimate of drug-likeness (QED) is 0.825. The van der Waals surface area contributed by atoms with Crippen molar-refractivity contribution in [2.24, 2.45) is 11.8 Å². The van der Waals surface area contributed by atoms with Crippen molar-refractivity contribution < 1.29 is 27.5 Å². The van der Waals surface area contributed by atoms with Gasteiger partial charge in [0.2, 0.25) is 5.91 Å². The molecule has 1 aromatic rings. The van der Waals surface area contributed by atoms with Gasteiger partial charge in [-0.2, -0.15) is 13.2 Å². The molecule has 28 heavy (non-hydrogen) atoms. The van der Waals surface area contributed by atoms with Crippen LogP contribution in [0.5, 0.6) is 0 Å². The summed E-state index contributed by atoms with van der Waals surface area (Å²) in [5, 5.41) is 2.56. The lowest BCUT2D eigenvalue weighted by Crippen LogP contribution is -2.46. The van der Waals surface area contributed by atoms with Gasteiger partial charge in [0.25, 0.3) is 0 Å². The zero-order valence-electron chi connectivity index (χ0n) is 16.0. The maximum atomic E-state index is 13.0. The number of piperidine rings is 1. The topological polar surface area (TPSA) is 58.6 Å². The summed E-state index contributed by atoms with van der Waals surface area (Å²) in [5.41, 5.74) is -0.147. The molecule has 0 radical (unpaired) electrons. The molecule has 5 nitrogen and oxygen atoms in total. The van der Waals surface area contributed by atoms with Gasteiger partial charge in [-0.3, -0.25) is 4.79 Å². The number of amides is 2. The Morgan fingerprint density at radius 2 is 2.14 bits per heavy atom. The molecule has 1 saturated carbocycles. The van der Waals surface area contributed by atoms with Gasteiger partial charge in [-0.15, -0.1) is 0 Å².